The lowest BCUT2D eigenvalue weighted by atomic mass is 10.1. The zero-order valence-corrected chi connectivity index (χ0v) is 18.2. The number of rotatable bonds is 4. The monoisotopic (exact) mass is 485 g/mol. The highest BCUT2D eigenvalue weighted by atomic mass is 19.4. The van der Waals surface area contributed by atoms with Crippen LogP contribution >= 0.6 is 0 Å². The molecule has 5 rings (SSSR count). The Morgan fingerprint density at radius 1 is 1.03 bits per heavy atom. The molecule has 35 heavy (non-hydrogen) atoms. The molecule has 7 nitrogen and oxygen atoms in total. The number of halogens is 4. The number of fused-ring (bicyclic) bond motifs is 1. The van der Waals surface area contributed by atoms with Gasteiger partial charge in [0.05, 0.1) is 24.5 Å². The molecule has 1 aliphatic rings. The number of aromatic nitrogens is 3. The number of anilines is 2. The topological polar surface area (TPSA) is 71.8 Å². The standard InChI is InChI=1S/C24H19F4N5O2/c25-19-5-4-16(13-18(19)24(26,27)28)23(34)30-17-3-1-2-15(12-17)20-6-7-29-21-14-22(31-33(20)21)32-8-10-35-11-9-32/h1-7,12-14H,8-11H2,(H,30,34). The summed E-state index contributed by atoms with van der Waals surface area (Å²) in [7, 11) is 0. The molecule has 1 fully saturated rings. The Morgan fingerprint density at radius 2 is 1.83 bits per heavy atom. The second-order valence-electron chi connectivity index (χ2n) is 7.93. The van der Waals surface area contributed by atoms with Gasteiger partial charge in [-0.25, -0.2) is 13.9 Å². The van der Waals surface area contributed by atoms with E-state index in [0.717, 1.165) is 25.0 Å². The van der Waals surface area contributed by atoms with Gasteiger partial charge in [-0.2, -0.15) is 13.2 Å². The number of nitrogens with one attached hydrogen (secondary N) is 1. The van der Waals surface area contributed by atoms with Crippen LogP contribution in [0.4, 0.5) is 29.1 Å². The van der Waals surface area contributed by atoms with Crippen molar-refractivity contribution in [1.82, 2.24) is 14.6 Å². The maximum Gasteiger partial charge on any atom is 0.419 e. The average Bonchev–Trinajstić information content (AvgIpc) is 3.29. The van der Waals surface area contributed by atoms with Crippen molar-refractivity contribution in [2.24, 2.45) is 0 Å². The Kier molecular flexibility index (Phi) is 5.85. The van der Waals surface area contributed by atoms with E-state index in [4.69, 9.17) is 4.74 Å². The molecule has 180 valence electrons. The third-order valence-electron chi connectivity index (χ3n) is 5.63. The van der Waals surface area contributed by atoms with Gasteiger partial charge in [0.15, 0.2) is 11.5 Å². The van der Waals surface area contributed by atoms with E-state index in [1.54, 1.807) is 35.0 Å². The first-order valence-corrected chi connectivity index (χ1v) is 10.8. The molecule has 0 aliphatic carbocycles. The van der Waals surface area contributed by atoms with Crippen molar-refractivity contribution in [2.45, 2.75) is 6.18 Å². The van der Waals surface area contributed by atoms with Gasteiger partial charge in [0.25, 0.3) is 5.91 Å². The summed E-state index contributed by atoms with van der Waals surface area (Å²) in [5.74, 6) is -1.45. The smallest absolute Gasteiger partial charge is 0.378 e. The van der Waals surface area contributed by atoms with Gasteiger partial charge in [0, 0.05) is 42.2 Å². The van der Waals surface area contributed by atoms with Crippen LogP contribution in [0.1, 0.15) is 15.9 Å². The van der Waals surface area contributed by atoms with Gasteiger partial charge in [0.2, 0.25) is 0 Å². The minimum atomic E-state index is -4.91. The molecule has 4 aromatic rings. The number of benzene rings is 2. The molecule has 11 heteroatoms. The van der Waals surface area contributed by atoms with Crippen LogP contribution in [0.5, 0.6) is 0 Å². The van der Waals surface area contributed by atoms with E-state index in [-0.39, 0.29) is 5.56 Å². The first-order chi connectivity index (χ1) is 16.8. The fourth-order valence-electron chi connectivity index (χ4n) is 3.89. The Labute approximate surface area is 197 Å². The Hall–Kier alpha value is -3.99. The highest BCUT2D eigenvalue weighted by Crippen LogP contribution is 2.32. The summed E-state index contributed by atoms with van der Waals surface area (Å²) in [5, 5.41) is 7.26. The van der Waals surface area contributed by atoms with E-state index >= 15 is 0 Å². The van der Waals surface area contributed by atoms with Crippen molar-refractivity contribution >= 4 is 23.1 Å². The van der Waals surface area contributed by atoms with Crippen LogP contribution in [0.25, 0.3) is 16.9 Å². The summed E-state index contributed by atoms with van der Waals surface area (Å²) < 4.78 is 59.7. The number of morpholine rings is 1. The van der Waals surface area contributed by atoms with Gasteiger partial charge in [-0.05, 0) is 36.4 Å². The number of amides is 1. The molecule has 0 unspecified atom stereocenters. The first-order valence-electron chi connectivity index (χ1n) is 10.8. The second-order valence-corrected chi connectivity index (χ2v) is 7.93. The largest absolute Gasteiger partial charge is 0.419 e. The molecule has 0 spiro atoms. The summed E-state index contributed by atoms with van der Waals surface area (Å²) in [5.41, 5.74) is 0.625. The van der Waals surface area contributed by atoms with Crippen molar-refractivity contribution < 1.29 is 27.1 Å². The molecule has 2 aromatic heterocycles. The zero-order valence-electron chi connectivity index (χ0n) is 18.2. The van der Waals surface area contributed by atoms with E-state index in [9.17, 15) is 22.4 Å². The number of carbonyl (C=O) groups excluding carboxylic acids is 1. The van der Waals surface area contributed by atoms with Gasteiger partial charge < -0.3 is 15.0 Å². The Morgan fingerprint density at radius 3 is 2.60 bits per heavy atom. The van der Waals surface area contributed by atoms with Crippen molar-refractivity contribution in [3.05, 3.63) is 77.7 Å². The average molecular weight is 485 g/mol. The van der Waals surface area contributed by atoms with E-state index < -0.39 is 23.5 Å². The van der Waals surface area contributed by atoms with Crippen LogP contribution < -0.4 is 10.2 Å². The summed E-state index contributed by atoms with van der Waals surface area (Å²) in [4.78, 5) is 19.1. The van der Waals surface area contributed by atoms with Crippen molar-refractivity contribution in [1.29, 1.82) is 0 Å². The minimum absolute atomic E-state index is 0.308. The molecule has 1 aliphatic heterocycles. The number of hydrogen-bond donors (Lipinski definition) is 1. The van der Waals surface area contributed by atoms with Gasteiger partial charge in [-0.3, -0.25) is 4.79 Å². The van der Waals surface area contributed by atoms with Crippen LogP contribution in [0, 0.1) is 5.82 Å². The van der Waals surface area contributed by atoms with Gasteiger partial charge in [0.1, 0.15) is 5.82 Å². The maximum atomic E-state index is 13.6. The minimum Gasteiger partial charge on any atom is -0.378 e. The SMILES string of the molecule is O=C(Nc1cccc(-c2ccnc3cc(N4CCOCC4)nn23)c1)c1ccc(F)c(C(F)(F)F)c1. The lowest BCUT2D eigenvalue weighted by Crippen LogP contribution is -2.36. The fourth-order valence-corrected chi connectivity index (χ4v) is 3.89. The number of hydrogen-bond acceptors (Lipinski definition) is 5. The quantitative estimate of drug-likeness (QED) is 0.427. The van der Waals surface area contributed by atoms with Crippen LogP contribution in [0.2, 0.25) is 0 Å². The molecular weight excluding hydrogens is 466 g/mol. The van der Waals surface area contributed by atoms with Crippen LogP contribution in [0.3, 0.4) is 0 Å². The second kappa shape index (κ2) is 8.99. The molecule has 3 heterocycles. The van der Waals surface area contributed by atoms with E-state index in [1.165, 1.54) is 0 Å². The molecule has 0 radical (unpaired) electrons. The van der Waals surface area contributed by atoms with Crippen LogP contribution in [-0.4, -0.2) is 46.8 Å². The molecule has 1 N–H and O–H groups in total. The van der Waals surface area contributed by atoms with Crippen molar-refractivity contribution in [3.8, 4) is 11.3 Å². The molecular formula is C24H19F4N5O2. The fraction of sp³-hybridized carbons (Fsp3) is 0.208. The van der Waals surface area contributed by atoms with Crippen molar-refractivity contribution in [2.75, 3.05) is 36.5 Å². The van der Waals surface area contributed by atoms with Gasteiger partial charge >= 0.3 is 6.18 Å². The highest BCUT2D eigenvalue weighted by molar-refractivity contribution is 6.04. The predicted molar refractivity (Wildman–Crippen MR) is 121 cm³/mol. The third kappa shape index (κ3) is 4.67. The Bertz CT molecular complexity index is 1400. The number of nitrogens with zero attached hydrogens (tertiary/aromatic N) is 4. The zero-order chi connectivity index (χ0) is 24.6. The number of alkyl halides is 3. The molecule has 0 atom stereocenters. The van der Waals surface area contributed by atoms with Crippen molar-refractivity contribution in [3.63, 3.8) is 0 Å². The maximum absolute atomic E-state index is 13.6. The van der Waals surface area contributed by atoms with Crippen LogP contribution in [0.15, 0.2) is 60.8 Å². The van der Waals surface area contributed by atoms with Gasteiger partial charge in [-0.15, -0.1) is 5.10 Å². The number of ether oxygens (including phenoxy) is 1. The third-order valence-corrected chi connectivity index (χ3v) is 5.63. The highest BCUT2D eigenvalue weighted by Gasteiger charge is 2.34. The summed E-state index contributed by atoms with van der Waals surface area (Å²) >= 11 is 0. The molecule has 0 saturated carbocycles. The molecule has 1 amide bonds. The number of carbonyl (C=O) groups is 1. The lowest BCUT2D eigenvalue weighted by Gasteiger charge is -2.26. The van der Waals surface area contributed by atoms with Crippen LogP contribution in [-0.2, 0) is 10.9 Å². The lowest BCUT2D eigenvalue weighted by molar-refractivity contribution is -0.140. The summed E-state index contributed by atoms with van der Waals surface area (Å²) in [6.07, 6.45) is -3.26. The summed E-state index contributed by atoms with van der Waals surface area (Å²) in [6, 6.07) is 12.6. The molecule has 2 aromatic carbocycles. The normalized spacial score (nSPS) is 14.3. The van der Waals surface area contributed by atoms with Gasteiger partial charge in [-0.1, -0.05) is 12.1 Å². The molecule has 0 bridgehead atoms. The molecule has 1 saturated heterocycles. The van der Waals surface area contributed by atoms with E-state index in [2.05, 4.69) is 20.3 Å². The Balaban J connectivity index is 1.43. The van der Waals surface area contributed by atoms with E-state index in [1.807, 2.05) is 12.1 Å². The first kappa shape index (κ1) is 22.8. The predicted octanol–water partition coefficient (Wildman–Crippen LogP) is 4.64. The van der Waals surface area contributed by atoms with E-state index in [0.29, 0.717) is 47.9 Å². The summed E-state index contributed by atoms with van der Waals surface area (Å²) in [6.45, 7) is 2.68.